The summed E-state index contributed by atoms with van der Waals surface area (Å²) in [6, 6.07) is 5.88. The third kappa shape index (κ3) is 4.72. The molecular formula is C17H22N2O5S. The van der Waals surface area contributed by atoms with Crippen molar-refractivity contribution in [2.24, 2.45) is 0 Å². The first-order valence-corrected chi connectivity index (χ1v) is 9.53. The van der Waals surface area contributed by atoms with Crippen LogP contribution >= 0.6 is 0 Å². The lowest BCUT2D eigenvalue weighted by Gasteiger charge is -2.35. The summed E-state index contributed by atoms with van der Waals surface area (Å²) in [6.45, 7) is 1.93. The first-order valence-electron chi connectivity index (χ1n) is 8.04. The van der Waals surface area contributed by atoms with Gasteiger partial charge in [-0.15, -0.1) is 5.92 Å². The van der Waals surface area contributed by atoms with Crippen molar-refractivity contribution in [1.82, 2.24) is 10.2 Å². The Bertz CT molecular complexity index is 756. The molecule has 1 amide bonds. The molecule has 3 N–H and O–H groups in total. The largest absolute Gasteiger partial charge is 0.481 e. The molecule has 0 aromatic heterocycles. The van der Waals surface area contributed by atoms with E-state index in [0.717, 1.165) is 6.42 Å². The second kappa shape index (κ2) is 8.34. The van der Waals surface area contributed by atoms with Crippen LogP contribution in [0.15, 0.2) is 29.2 Å². The number of hydrogen-bond donors (Lipinski definition) is 3. The van der Waals surface area contributed by atoms with E-state index in [0.29, 0.717) is 31.4 Å². The third-order valence-corrected chi connectivity index (χ3v) is 5.75. The van der Waals surface area contributed by atoms with Gasteiger partial charge in [-0.05, 0) is 44.0 Å². The Kier molecular flexibility index (Phi) is 6.42. The molecule has 25 heavy (non-hydrogen) atoms. The van der Waals surface area contributed by atoms with Gasteiger partial charge in [0.1, 0.15) is 17.9 Å². The summed E-state index contributed by atoms with van der Waals surface area (Å²) in [5, 5.41) is 9.00. The molecular weight excluding hydrogens is 344 g/mol. The highest BCUT2D eigenvalue weighted by Gasteiger charge is 2.43. The van der Waals surface area contributed by atoms with Gasteiger partial charge in [-0.2, -0.15) is 4.72 Å². The van der Waals surface area contributed by atoms with E-state index in [2.05, 4.69) is 16.6 Å². The van der Waals surface area contributed by atoms with Crippen molar-refractivity contribution in [2.75, 3.05) is 6.61 Å². The van der Waals surface area contributed by atoms with Crippen LogP contribution in [0.2, 0.25) is 0 Å². The average Bonchev–Trinajstić information content (AvgIpc) is 2.62. The average molecular weight is 366 g/mol. The number of benzene rings is 1. The van der Waals surface area contributed by atoms with Crippen molar-refractivity contribution in [3.63, 3.8) is 0 Å². The standard InChI is InChI=1S/C17H22N2O5S/c1-2-3-13-24-14-7-9-15(10-8-14)25(22,23)19-17(16(20)18-21)11-5-4-6-12-17/h7-10,19,21H,4-6,11-13H2,1H3,(H,18,20). The maximum absolute atomic E-state index is 12.7. The summed E-state index contributed by atoms with van der Waals surface area (Å²) in [5.74, 6) is 5.22. The van der Waals surface area contributed by atoms with E-state index < -0.39 is 21.5 Å². The number of rotatable bonds is 6. The molecule has 0 spiro atoms. The van der Waals surface area contributed by atoms with Crippen molar-refractivity contribution in [1.29, 1.82) is 0 Å². The quantitative estimate of drug-likeness (QED) is 0.403. The lowest BCUT2D eigenvalue weighted by molar-refractivity contribution is -0.136. The van der Waals surface area contributed by atoms with Crippen molar-refractivity contribution in [3.05, 3.63) is 24.3 Å². The molecule has 0 bridgehead atoms. The molecule has 1 aromatic rings. The van der Waals surface area contributed by atoms with Gasteiger partial charge in [-0.25, -0.2) is 13.9 Å². The zero-order valence-corrected chi connectivity index (χ0v) is 14.9. The Balaban J connectivity index is 2.18. The van der Waals surface area contributed by atoms with Gasteiger partial charge in [-0.1, -0.05) is 25.2 Å². The van der Waals surface area contributed by atoms with Gasteiger partial charge in [0.15, 0.2) is 0 Å². The van der Waals surface area contributed by atoms with Gasteiger partial charge in [-0.3, -0.25) is 10.0 Å². The molecule has 1 fully saturated rings. The molecule has 0 aliphatic heterocycles. The lowest BCUT2D eigenvalue weighted by Crippen LogP contribution is -2.59. The van der Waals surface area contributed by atoms with Gasteiger partial charge in [0.25, 0.3) is 5.91 Å². The summed E-state index contributed by atoms with van der Waals surface area (Å²) in [4.78, 5) is 12.1. The number of carbonyl (C=O) groups is 1. The smallest absolute Gasteiger partial charge is 0.264 e. The van der Waals surface area contributed by atoms with E-state index in [1.54, 1.807) is 12.4 Å². The molecule has 0 heterocycles. The Morgan fingerprint density at radius 1 is 1.24 bits per heavy atom. The molecule has 0 saturated heterocycles. The number of carbonyl (C=O) groups excluding carboxylic acids is 1. The first-order chi connectivity index (χ1) is 11.9. The Morgan fingerprint density at radius 3 is 2.44 bits per heavy atom. The maximum atomic E-state index is 12.7. The van der Waals surface area contributed by atoms with Gasteiger partial charge in [0.05, 0.1) is 4.90 Å². The highest BCUT2D eigenvalue weighted by Crippen LogP contribution is 2.30. The Hall–Kier alpha value is -2.08. The number of sulfonamides is 1. The van der Waals surface area contributed by atoms with E-state index in [4.69, 9.17) is 9.94 Å². The summed E-state index contributed by atoms with van der Waals surface area (Å²) in [6.07, 6.45) is 3.03. The van der Waals surface area contributed by atoms with Crippen LogP contribution in [0.4, 0.5) is 0 Å². The summed E-state index contributed by atoms with van der Waals surface area (Å²) >= 11 is 0. The minimum atomic E-state index is -3.92. The van der Waals surface area contributed by atoms with Crippen LogP contribution in [0.1, 0.15) is 39.0 Å². The van der Waals surface area contributed by atoms with E-state index in [9.17, 15) is 13.2 Å². The van der Waals surface area contributed by atoms with Crippen LogP contribution in [0.5, 0.6) is 5.75 Å². The molecule has 136 valence electrons. The highest BCUT2D eigenvalue weighted by atomic mass is 32.2. The molecule has 2 rings (SSSR count). The fraction of sp³-hybridized carbons (Fsp3) is 0.471. The number of hydrogen-bond acceptors (Lipinski definition) is 5. The third-order valence-electron chi connectivity index (χ3n) is 4.19. The Morgan fingerprint density at radius 2 is 1.88 bits per heavy atom. The molecule has 0 unspecified atom stereocenters. The van der Waals surface area contributed by atoms with Crippen LogP contribution in [0, 0.1) is 11.8 Å². The van der Waals surface area contributed by atoms with E-state index >= 15 is 0 Å². The summed E-state index contributed by atoms with van der Waals surface area (Å²) < 4.78 is 33.2. The van der Waals surface area contributed by atoms with E-state index in [1.165, 1.54) is 24.3 Å². The fourth-order valence-corrected chi connectivity index (χ4v) is 4.28. The van der Waals surface area contributed by atoms with Crippen molar-refractivity contribution in [3.8, 4) is 17.6 Å². The summed E-state index contributed by atoms with van der Waals surface area (Å²) in [5.41, 5.74) is 0.267. The van der Waals surface area contributed by atoms with Crippen LogP contribution in [-0.2, 0) is 14.8 Å². The number of hydroxylamine groups is 1. The number of ether oxygens (including phenoxy) is 1. The Labute approximate surface area is 147 Å². The maximum Gasteiger partial charge on any atom is 0.264 e. The SMILES string of the molecule is CC#CCOc1ccc(S(=O)(=O)NC2(C(=O)NO)CCCCC2)cc1. The van der Waals surface area contributed by atoms with E-state index in [-0.39, 0.29) is 11.5 Å². The molecule has 0 atom stereocenters. The zero-order valence-electron chi connectivity index (χ0n) is 14.0. The minimum Gasteiger partial charge on any atom is -0.481 e. The van der Waals surface area contributed by atoms with E-state index in [1.807, 2.05) is 0 Å². The van der Waals surface area contributed by atoms with Crippen molar-refractivity contribution < 1.29 is 23.2 Å². The predicted molar refractivity (Wildman–Crippen MR) is 91.5 cm³/mol. The number of amides is 1. The van der Waals surface area contributed by atoms with Gasteiger partial charge < -0.3 is 4.74 Å². The zero-order chi connectivity index (χ0) is 18.3. The van der Waals surface area contributed by atoms with Gasteiger partial charge >= 0.3 is 0 Å². The second-order valence-corrected chi connectivity index (χ2v) is 7.56. The van der Waals surface area contributed by atoms with Crippen molar-refractivity contribution in [2.45, 2.75) is 49.5 Å². The van der Waals surface area contributed by atoms with Gasteiger partial charge in [0.2, 0.25) is 10.0 Å². The molecule has 1 saturated carbocycles. The molecule has 1 aliphatic carbocycles. The highest BCUT2D eigenvalue weighted by molar-refractivity contribution is 7.89. The summed E-state index contributed by atoms with van der Waals surface area (Å²) in [7, 11) is -3.92. The molecule has 1 aliphatic rings. The fourth-order valence-electron chi connectivity index (χ4n) is 2.86. The number of nitrogens with one attached hydrogen (secondary N) is 2. The normalized spacial score (nSPS) is 16.4. The minimum absolute atomic E-state index is 0.0251. The topological polar surface area (TPSA) is 105 Å². The molecule has 1 aromatic carbocycles. The monoisotopic (exact) mass is 366 g/mol. The second-order valence-electron chi connectivity index (χ2n) is 5.88. The molecule has 0 radical (unpaired) electrons. The molecule has 8 heteroatoms. The lowest BCUT2D eigenvalue weighted by atomic mass is 9.82. The van der Waals surface area contributed by atoms with Crippen LogP contribution in [-0.4, -0.2) is 31.7 Å². The first kappa shape index (κ1) is 19.2. The van der Waals surface area contributed by atoms with Gasteiger partial charge in [0, 0.05) is 0 Å². The predicted octanol–water partition coefficient (Wildman–Crippen LogP) is 1.58. The van der Waals surface area contributed by atoms with Crippen LogP contribution < -0.4 is 14.9 Å². The molecule has 7 nitrogen and oxygen atoms in total. The van der Waals surface area contributed by atoms with Crippen LogP contribution in [0.3, 0.4) is 0 Å². The van der Waals surface area contributed by atoms with Crippen LogP contribution in [0.25, 0.3) is 0 Å². The van der Waals surface area contributed by atoms with Crippen molar-refractivity contribution >= 4 is 15.9 Å².